The summed E-state index contributed by atoms with van der Waals surface area (Å²) in [4.78, 5) is 17.7. The number of nitrogens with one attached hydrogen (secondary N) is 1. The topological polar surface area (TPSA) is 68.3 Å². The molecule has 4 heteroatoms. The van der Waals surface area contributed by atoms with E-state index >= 15 is 0 Å². The van der Waals surface area contributed by atoms with Crippen molar-refractivity contribution in [1.82, 2.24) is 0 Å². The van der Waals surface area contributed by atoms with Crippen LogP contribution in [0.15, 0.2) is 0 Å². The van der Waals surface area contributed by atoms with Crippen molar-refractivity contribution in [2.45, 2.75) is 0 Å². The number of amides is 1. The molecule has 0 aliphatic rings. The molecule has 0 spiro atoms. The van der Waals surface area contributed by atoms with Gasteiger partial charge in [0.05, 0.1) is 5.18 Å². The molecule has 0 aromatic carbocycles. The summed E-state index contributed by atoms with van der Waals surface area (Å²) in [5.74, 6) is 0. The highest BCUT2D eigenvalue weighted by atomic mass is 16.4. The monoisotopic (exact) mass is 76.0 g/mol. The van der Waals surface area contributed by atoms with Crippen LogP contribution in [0.25, 0.3) is 0 Å². The predicted octanol–water partition coefficient (Wildman–Crippen LogP) is -1.49. The summed E-state index contributed by atoms with van der Waals surface area (Å²) < 4.78 is 0. The molecule has 0 bridgehead atoms. The minimum Gasteiger partial charge on any atom is -0.424 e. The summed E-state index contributed by atoms with van der Waals surface area (Å²) in [7, 11) is 0. The van der Waals surface area contributed by atoms with Gasteiger partial charge in [0, 0.05) is 4.91 Å². The Morgan fingerprint density at radius 3 is 2.00 bits per heavy atom. The molecule has 5 heavy (non-hydrogen) atoms. The van der Waals surface area contributed by atoms with Crippen LogP contribution in [0, 0.1) is 4.91 Å². The second-order valence-corrected chi connectivity index (χ2v) is 0.407. The SMILES string of the molecule is O=[NH+]C(=O)O. The molecule has 0 aromatic rings. The Labute approximate surface area is 27.4 Å². The molecule has 0 saturated heterocycles. The molecule has 0 aliphatic carbocycles. The van der Waals surface area contributed by atoms with Gasteiger partial charge < -0.3 is 5.11 Å². The maximum Gasteiger partial charge on any atom is 0.639 e. The number of rotatable bonds is 0. The number of hydrogen-bond donors (Lipinski definition) is 2. The summed E-state index contributed by atoms with van der Waals surface area (Å²) in [6.45, 7) is 0. The van der Waals surface area contributed by atoms with Gasteiger partial charge in [0.15, 0.2) is 0 Å². The van der Waals surface area contributed by atoms with Crippen LogP contribution in [0.1, 0.15) is 0 Å². The summed E-state index contributed by atoms with van der Waals surface area (Å²) in [6, 6.07) is 0. The molecule has 0 atom stereocenters. The van der Waals surface area contributed by atoms with E-state index in [0.29, 0.717) is 5.18 Å². The minimum atomic E-state index is -1.55. The molecule has 0 heterocycles. The fourth-order valence-corrected chi connectivity index (χ4v) is 0. The van der Waals surface area contributed by atoms with Gasteiger partial charge in [0.1, 0.15) is 0 Å². The standard InChI is InChI=1S/CHNO3/c3-1(4)2-5/h(H,3,4)/p+1. The molecule has 0 unspecified atom stereocenters. The van der Waals surface area contributed by atoms with E-state index in [1.165, 1.54) is 0 Å². The molecule has 28 valence electrons. The van der Waals surface area contributed by atoms with Gasteiger partial charge in [0.2, 0.25) is 0 Å². The van der Waals surface area contributed by atoms with E-state index in [9.17, 15) is 0 Å². The zero-order chi connectivity index (χ0) is 4.28. The van der Waals surface area contributed by atoms with Gasteiger partial charge in [-0.2, -0.15) is 4.79 Å². The molecule has 0 rings (SSSR count). The Morgan fingerprint density at radius 2 is 2.00 bits per heavy atom. The number of nitroso groups, excluding NO2 is 1. The highest BCUT2D eigenvalue weighted by molar-refractivity contribution is 5.51. The van der Waals surface area contributed by atoms with Crippen LogP contribution in [0.5, 0.6) is 0 Å². The fourth-order valence-electron chi connectivity index (χ4n) is 0. The molecular formula is CH2NO3+. The van der Waals surface area contributed by atoms with Crippen molar-refractivity contribution in [2.75, 3.05) is 0 Å². The highest BCUT2D eigenvalue weighted by Crippen LogP contribution is 1.31. The van der Waals surface area contributed by atoms with Gasteiger partial charge in [-0.25, -0.2) is 0 Å². The molecule has 0 saturated carbocycles. The third-order valence-corrected chi connectivity index (χ3v) is 0.0873. The van der Waals surface area contributed by atoms with Crippen molar-refractivity contribution in [2.24, 2.45) is 0 Å². The first-order valence-corrected chi connectivity index (χ1v) is 0.882. The second kappa shape index (κ2) is 1.40. The average Bonchev–Trinajstić information content (AvgIpc) is 1.38. The first-order valence-electron chi connectivity index (χ1n) is 0.882. The van der Waals surface area contributed by atoms with Gasteiger partial charge in [-0.15, -0.1) is 0 Å². The molecule has 0 aromatic heterocycles. The summed E-state index contributed by atoms with van der Waals surface area (Å²) in [5.41, 5.74) is 0. The third-order valence-electron chi connectivity index (χ3n) is 0.0873. The molecule has 0 fully saturated rings. The van der Waals surface area contributed by atoms with E-state index in [1.807, 2.05) is 0 Å². The Bertz CT molecular complexity index is 57.9. The van der Waals surface area contributed by atoms with Crippen LogP contribution in [-0.4, -0.2) is 11.2 Å². The first kappa shape index (κ1) is 4.07. The second-order valence-electron chi connectivity index (χ2n) is 0.407. The van der Waals surface area contributed by atoms with Gasteiger partial charge >= 0.3 is 6.09 Å². The van der Waals surface area contributed by atoms with E-state index in [4.69, 9.17) is 14.8 Å². The average molecular weight is 76.0 g/mol. The van der Waals surface area contributed by atoms with E-state index in [0.717, 1.165) is 0 Å². The van der Waals surface area contributed by atoms with Gasteiger partial charge in [-0.3, -0.25) is 0 Å². The van der Waals surface area contributed by atoms with Gasteiger partial charge in [-0.05, 0) is 0 Å². The molecular weight excluding hydrogens is 74.0 g/mol. The van der Waals surface area contributed by atoms with Crippen molar-refractivity contribution in [3.8, 4) is 0 Å². The van der Waals surface area contributed by atoms with E-state index < -0.39 is 6.09 Å². The summed E-state index contributed by atoms with van der Waals surface area (Å²) in [6.07, 6.45) is -1.55. The van der Waals surface area contributed by atoms with Crippen molar-refractivity contribution in [1.29, 1.82) is 0 Å². The van der Waals surface area contributed by atoms with Crippen molar-refractivity contribution < 1.29 is 15.1 Å². The predicted molar refractivity (Wildman–Crippen MR) is 12.4 cm³/mol. The molecule has 0 aliphatic heterocycles. The Kier molecular flexibility index (Phi) is 1.14. The summed E-state index contributed by atoms with van der Waals surface area (Å²) >= 11 is 0. The quantitative estimate of drug-likeness (QED) is 0.369. The van der Waals surface area contributed by atoms with Crippen molar-refractivity contribution >= 4 is 6.09 Å². The minimum absolute atomic E-state index is 0.694. The fraction of sp³-hybridized carbons (Fsp3) is 0. The lowest BCUT2D eigenvalue weighted by Crippen LogP contribution is -2.68. The van der Waals surface area contributed by atoms with Crippen LogP contribution in [0.3, 0.4) is 0 Å². The lowest BCUT2D eigenvalue weighted by atomic mass is 11.3. The van der Waals surface area contributed by atoms with Crippen LogP contribution < -0.4 is 5.18 Å². The third kappa shape index (κ3) is 3.07. The lowest BCUT2D eigenvalue weighted by molar-refractivity contribution is -0.387. The Balaban J connectivity index is 3.20. The first-order chi connectivity index (χ1) is 2.27. The van der Waals surface area contributed by atoms with Crippen LogP contribution in [-0.2, 0) is 0 Å². The maximum atomic E-state index is 8.94. The largest absolute Gasteiger partial charge is 0.639 e. The molecule has 0 radical (unpaired) electrons. The Morgan fingerprint density at radius 1 is 1.80 bits per heavy atom. The number of carboxylic acid groups (broad SMARTS) is 1. The van der Waals surface area contributed by atoms with Crippen LogP contribution >= 0.6 is 0 Å². The summed E-state index contributed by atoms with van der Waals surface area (Å²) in [5, 5.41) is 7.99. The van der Waals surface area contributed by atoms with E-state index in [1.54, 1.807) is 0 Å². The number of hydrogen-bond acceptors (Lipinski definition) is 2. The maximum absolute atomic E-state index is 8.94. The Hall–Kier alpha value is -0.930. The number of carbonyl (C=O) groups is 1. The van der Waals surface area contributed by atoms with Crippen LogP contribution in [0.4, 0.5) is 4.79 Å². The zero-order valence-electron chi connectivity index (χ0n) is 2.26. The van der Waals surface area contributed by atoms with Gasteiger partial charge in [-0.1, -0.05) is 0 Å². The normalized spacial score (nSPS) is 6.40. The smallest absolute Gasteiger partial charge is 0.424 e. The van der Waals surface area contributed by atoms with Crippen molar-refractivity contribution in [3.05, 3.63) is 4.91 Å². The van der Waals surface area contributed by atoms with Crippen molar-refractivity contribution in [3.63, 3.8) is 0 Å². The molecule has 1 amide bonds. The highest BCUT2D eigenvalue weighted by Gasteiger charge is 1.94. The van der Waals surface area contributed by atoms with Crippen LogP contribution in [0.2, 0.25) is 0 Å². The van der Waals surface area contributed by atoms with E-state index in [-0.39, 0.29) is 0 Å². The van der Waals surface area contributed by atoms with Gasteiger partial charge in [0.25, 0.3) is 0 Å². The van der Waals surface area contributed by atoms with E-state index in [2.05, 4.69) is 0 Å². The molecule has 4 nitrogen and oxygen atoms in total. The zero-order valence-corrected chi connectivity index (χ0v) is 2.26. The molecule has 2 N–H and O–H groups in total. The lowest BCUT2D eigenvalue weighted by Gasteiger charge is -1.48.